The van der Waals surface area contributed by atoms with Gasteiger partial charge in [-0.25, -0.2) is 15.0 Å². The van der Waals surface area contributed by atoms with Gasteiger partial charge in [0.05, 0.1) is 11.3 Å². The number of anilines is 1. The second kappa shape index (κ2) is 10.1. The van der Waals surface area contributed by atoms with Crippen LogP contribution in [0, 0.1) is 0 Å². The van der Waals surface area contributed by atoms with Crippen molar-refractivity contribution in [3.8, 4) is 0 Å². The van der Waals surface area contributed by atoms with Crippen LogP contribution in [0.1, 0.15) is 41.3 Å². The SMILES string of the molecule is CCCN1C(=O)/C(=N\NC(N)=O)c2cc(SCCCc3ccc(C(=O)O)cc3)ccc21. The summed E-state index contributed by atoms with van der Waals surface area (Å²) in [7, 11) is 0. The highest BCUT2D eigenvalue weighted by atomic mass is 32.2. The number of carboxylic acid groups (broad SMARTS) is 1. The van der Waals surface area contributed by atoms with Gasteiger partial charge in [0.2, 0.25) is 0 Å². The molecule has 1 aliphatic rings. The Hall–Kier alpha value is -3.33. The molecule has 162 valence electrons. The number of nitrogens with one attached hydrogen (secondary N) is 1. The van der Waals surface area contributed by atoms with Gasteiger partial charge in [0.1, 0.15) is 0 Å². The molecule has 1 heterocycles. The van der Waals surface area contributed by atoms with Gasteiger partial charge in [-0.1, -0.05) is 19.1 Å². The van der Waals surface area contributed by atoms with Crippen molar-refractivity contribution in [3.05, 3.63) is 59.2 Å². The van der Waals surface area contributed by atoms with Crippen LogP contribution >= 0.6 is 11.8 Å². The van der Waals surface area contributed by atoms with Gasteiger partial charge in [-0.05, 0) is 60.9 Å². The molecule has 0 saturated heterocycles. The maximum atomic E-state index is 12.7. The number of urea groups is 1. The van der Waals surface area contributed by atoms with Gasteiger partial charge in [-0.2, -0.15) is 5.10 Å². The minimum absolute atomic E-state index is 0.184. The van der Waals surface area contributed by atoms with Gasteiger partial charge in [-0.15, -0.1) is 11.8 Å². The van der Waals surface area contributed by atoms with Crippen molar-refractivity contribution in [2.45, 2.75) is 31.1 Å². The van der Waals surface area contributed by atoms with Gasteiger partial charge < -0.3 is 15.7 Å². The van der Waals surface area contributed by atoms with E-state index in [0.717, 1.165) is 41.2 Å². The maximum Gasteiger partial charge on any atom is 0.335 e. The lowest BCUT2D eigenvalue weighted by Crippen LogP contribution is -2.33. The van der Waals surface area contributed by atoms with E-state index in [-0.39, 0.29) is 17.2 Å². The van der Waals surface area contributed by atoms with Crippen LogP contribution in [0.25, 0.3) is 0 Å². The zero-order valence-corrected chi connectivity index (χ0v) is 17.9. The molecule has 0 spiro atoms. The number of rotatable bonds is 9. The Kier molecular flexibility index (Phi) is 7.30. The van der Waals surface area contributed by atoms with Gasteiger partial charge in [0.25, 0.3) is 5.91 Å². The molecule has 2 aromatic rings. The summed E-state index contributed by atoms with van der Waals surface area (Å²) in [6.07, 6.45) is 2.56. The van der Waals surface area contributed by atoms with E-state index < -0.39 is 12.0 Å². The maximum absolute atomic E-state index is 12.7. The Bertz CT molecular complexity index is 1020. The van der Waals surface area contributed by atoms with Crippen molar-refractivity contribution in [1.29, 1.82) is 0 Å². The minimum atomic E-state index is -0.927. The number of carboxylic acids is 1. The highest BCUT2D eigenvalue weighted by Gasteiger charge is 2.34. The second-order valence-electron chi connectivity index (χ2n) is 7.03. The van der Waals surface area contributed by atoms with Crippen molar-refractivity contribution in [1.82, 2.24) is 5.43 Å². The van der Waals surface area contributed by atoms with E-state index in [2.05, 4.69) is 10.5 Å². The number of carbonyl (C=O) groups excluding carboxylic acids is 2. The summed E-state index contributed by atoms with van der Waals surface area (Å²) >= 11 is 1.67. The van der Waals surface area contributed by atoms with Crippen LogP contribution in [-0.2, 0) is 11.2 Å². The highest BCUT2D eigenvalue weighted by molar-refractivity contribution is 7.99. The van der Waals surface area contributed by atoms with E-state index in [1.807, 2.05) is 37.3 Å². The number of benzene rings is 2. The van der Waals surface area contributed by atoms with E-state index >= 15 is 0 Å². The van der Waals surface area contributed by atoms with Crippen molar-refractivity contribution in [2.24, 2.45) is 10.8 Å². The lowest BCUT2D eigenvalue weighted by molar-refractivity contribution is -0.112. The Morgan fingerprint density at radius 2 is 1.94 bits per heavy atom. The number of nitrogens with zero attached hydrogens (tertiary/aromatic N) is 2. The molecule has 0 unspecified atom stereocenters. The number of aromatic carboxylic acids is 1. The highest BCUT2D eigenvalue weighted by Crippen LogP contribution is 2.33. The van der Waals surface area contributed by atoms with Crippen LogP contribution in [-0.4, -0.2) is 41.0 Å². The standard InChI is InChI=1S/C22H24N4O4S/c1-2-11-26-18-10-9-16(13-17(18)19(20(26)27)24-25-22(23)30)31-12-3-4-14-5-7-15(8-6-14)21(28)29/h5-10,13H,2-4,11-12H2,1H3,(H,28,29)(H3,23,25,30)/b24-19-. The number of thioether (sulfide) groups is 1. The predicted molar refractivity (Wildman–Crippen MR) is 121 cm³/mol. The molecule has 0 bridgehead atoms. The summed E-state index contributed by atoms with van der Waals surface area (Å²) < 4.78 is 0. The third-order valence-electron chi connectivity index (χ3n) is 4.77. The molecule has 0 aromatic heterocycles. The fourth-order valence-electron chi connectivity index (χ4n) is 3.33. The number of hydrogen-bond donors (Lipinski definition) is 3. The van der Waals surface area contributed by atoms with E-state index in [9.17, 15) is 14.4 Å². The average Bonchev–Trinajstić information content (AvgIpc) is 3.00. The molecule has 9 heteroatoms. The van der Waals surface area contributed by atoms with Crippen LogP contribution in [0.15, 0.2) is 52.5 Å². The van der Waals surface area contributed by atoms with Crippen molar-refractivity contribution in [2.75, 3.05) is 17.2 Å². The quantitative estimate of drug-likeness (QED) is 0.314. The van der Waals surface area contributed by atoms with Crippen LogP contribution in [0.4, 0.5) is 10.5 Å². The lowest BCUT2D eigenvalue weighted by atomic mass is 10.1. The van der Waals surface area contributed by atoms with Crippen molar-refractivity contribution in [3.63, 3.8) is 0 Å². The number of hydrazone groups is 1. The number of amides is 3. The number of nitrogens with two attached hydrogens (primary N) is 1. The van der Waals surface area contributed by atoms with Crippen LogP contribution < -0.4 is 16.1 Å². The molecule has 0 aliphatic carbocycles. The minimum Gasteiger partial charge on any atom is -0.478 e. The number of carbonyl (C=O) groups is 3. The van der Waals surface area contributed by atoms with Gasteiger partial charge in [0, 0.05) is 17.0 Å². The van der Waals surface area contributed by atoms with E-state index in [0.29, 0.717) is 12.1 Å². The van der Waals surface area contributed by atoms with Crippen molar-refractivity contribution >= 4 is 41.1 Å². The molecule has 0 saturated carbocycles. The summed E-state index contributed by atoms with van der Waals surface area (Å²) in [5, 5.41) is 12.9. The van der Waals surface area contributed by atoms with E-state index in [1.165, 1.54) is 0 Å². The molecule has 3 rings (SSSR count). The van der Waals surface area contributed by atoms with Crippen LogP contribution in [0.5, 0.6) is 0 Å². The first-order valence-corrected chi connectivity index (χ1v) is 10.9. The summed E-state index contributed by atoms with van der Waals surface area (Å²) in [5.74, 6) is -0.320. The Labute approximate surface area is 184 Å². The summed E-state index contributed by atoms with van der Waals surface area (Å²) in [6, 6.07) is 11.9. The summed E-state index contributed by atoms with van der Waals surface area (Å²) in [5.41, 5.74) is 10.3. The molecule has 0 fully saturated rings. The number of aryl methyl sites for hydroxylation is 1. The molecule has 2 aromatic carbocycles. The summed E-state index contributed by atoms with van der Waals surface area (Å²) in [6.45, 7) is 2.55. The molecule has 0 radical (unpaired) electrons. The van der Waals surface area contributed by atoms with Gasteiger partial charge >= 0.3 is 12.0 Å². The molecular weight excluding hydrogens is 416 g/mol. The summed E-state index contributed by atoms with van der Waals surface area (Å²) in [4.78, 5) is 37.3. The largest absolute Gasteiger partial charge is 0.478 e. The molecule has 0 atom stereocenters. The molecule has 4 N–H and O–H groups in total. The van der Waals surface area contributed by atoms with Crippen molar-refractivity contribution < 1.29 is 19.5 Å². The fourth-order valence-corrected chi connectivity index (χ4v) is 4.22. The molecule has 8 nitrogen and oxygen atoms in total. The monoisotopic (exact) mass is 440 g/mol. The first-order valence-electron chi connectivity index (χ1n) is 9.95. The Morgan fingerprint density at radius 3 is 2.58 bits per heavy atom. The van der Waals surface area contributed by atoms with Gasteiger partial charge in [-0.3, -0.25) is 4.79 Å². The molecular formula is C22H24N4O4S. The predicted octanol–water partition coefficient (Wildman–Crippen LogP) is 3.24. The van der Waals surface area contributed by atoms with Gasteiger partial charge in [0.15, 0.2) is 5.71 Å². The fraction of sp³-hybridized carbons (Fsp3) is 0.273. The lowest BCUT2D eigenvalue weighted by Gasteiger charge is -2.15. The normalized spacial score (nSPS) is 14.0. The second-order valence-corrected chi connectivity index (χ2v) is 8.19. The molecule has 3 amide bonds. The molecule has 1 aliphatic heterocycles. The molecule has 31 heavy (non-hydrogen) atoms. The van der Waals surface area contributed by atoms with Crippen LogP contribution in [0.3, 0.4) is 0 Å². The number of hydrogen-bond acceptors (Lipinski definition) is 5. The third kappa shape index (κ3) is 5.43. The zero-order valence-electron chi connectivity index (χ0n) is 17.1. The Balaban J connectivity index is 1.65. The topological polar surface area (TPSA) is 125 Å². The van der Waals surface area contributed by atoms with Crippen LogP contribution in [0.2, 0.25) is 0 Å². The first kappa shape index (κ1) is 22.4. The number of primary amides is 1. The first-order chi connectivity index (χ1) is 14.9. The number of fused-ring (bicyclic) bond motifs is 1. The third-order valence-corrected chi connectivity index (χ3v) is 5.85. The van der Waals surface area contributed by atoms with E-state index in [1.54, 1.807) is 28.8 Å². The average molecular weight is 441 g/mol. The smallest absolute Gasteiger partial charge is 0.335 e. The Morgan fingerprint density at radius 1 is 1.19 bits per heavy atom. The zero-order chi connectivity index (χ0) is 22.4. The van der Waals surface area contributed by atoms with E-state index in [4.69, 9.17) is 10.8 Å².